The first kappa shape index (κ1) is 22.5. The number of benzene rings is 3. The van der Waals surface area contributed by atoms with Crippen molar-refractivity contribution in [1.29, 1.82) is 0 Å². The minimum atomic E-state index is -0.425. The Kier molecular flexibility index (Phi) is 5.18. The van der Waals surface area contributed by atoms with E-state index in [0.29, 0.717) is 35.5 Å². The lowest BCUT2D eigenvalue weighted by Crippen LogP contribution is -2.37. The fourth-order valence-electron chi connectivity index (χ4n) is 5.63. The van der Waals surface area contributed by atoms with Crippen molar-refractivity contribution in [2.75, 3.05) is 0 Å². The van der Waals surface area contributed by atoms with Gasteiger partial charge in [-0.15, -0.1) is 0 Å². The van der Waals surface area contributed by atoms with Gasteiger partial charge in [0.2, 0.25) is 0 Å². The second-order valence-electron chi connectivity index (χ2n) is 10.5. The van der Waals surface area contributed by atoms with Crippen LogP contribution in [0.1, 0.15) is 59.7 Å². The minimum absolute atomic E-state index is 0.0288. The molecule has 2 aliphatic carbocycles. The third-order valence-electron chi connectivity index (χ3n) is 7.26. The minimum Gasteiger partial charge on any atom is -0.489 e. The molecular weight excluding hydrogens is 453 g/mol. The van der Waals surface area contributed by atoms with E-state index < -0.39 is 5.92 Å². The smallest absolute Gasteiger partial charge is 0.192 e. The maximum absolute atomic E-state index is 13.6. The highest BCUT2D eigenvalue weighted by Gasteiger charge is 2.46. The predicted octanol–water partition coefficient (Wildman–Crippen LogP) is 6.34. The third-order valence-corrected chi connectivity index (χ3v) is 7.26. The number of carbonyl (C=O) groups excluding carboxylic acids is 2. The van der Waals surface area contributed by atoms with Crippen molar-refractivity contribution < 1.29 is 18.7 Å². The van der Waals surface area contributed by atoms with E-state index in [0.717, 1.165) is 34.5 Å². The molecule has 3 aromatic rings. The van der Waals surface area contributed by atoms with Gasteiger partial charge in [-0.1, -0.05) is 62.4 Å². The number of ether oxygens (including phenoxy) is 1. The average molecular weight is 480 g/mol. The molecule has 1 aliphatic heterocycles. The molecule has 4 nitrogen and oxygen atoms in total. The molecule has 5 heteroatoms. The molecule has 3 aromatic carbocycles. The van der Waals surface area contributed by atoms with Gasteiger partial charge in [0.1, 0.15) is 18.2 Å². The van der Waals surface area contributed by atoms with Gasteiger partial charge in [-0.25, -0.2) is 4.39 Å². The molecule has 1 atom stereocenters. The molecule has 0 unspecified atom stereocenters. The zero-order valence-corrected chi connectivity index (χ0v) is 20.2. The van der Waals surface area contributed by atoms with Crippen molar-refractivity contribution in [3.63, 3.8) is 0 Å². The van der Waals surface area contributed by atoms with Crippen LogP contribution in [-0.4, -0.2) is 11.6 Å². The first-order chi connectivity index (χ1) is 17.3. The Morgan fingerprint density at radius 2 is 1.58 bits per heavy atom. The zero-order valence-electron chi connectivity index (χ0n) is 20.2. The van der Waals surface area contributed by atoms with E-state index in [4.69, 9.17) is 4.74 Å². The summed E-state index contributed by atoms with van der Waals surface area (Å²) in [5, 5.41) is 3.51. The average Bonchev–Trinajstić information content (AvgIpc) is 3.14. The third kappa shape index (κ3) is 3.76. The van der Waals surface area contributed by atoms with Crippen LogP contribution in [0.25, 0.3) is 5.70 Å². The van der Waals surface area contributed by atoms with E-state index in [1.165, 1.54) is 12.1 Å². The van der Waals surface area contributed by atoms with Crippen LogP contribution in [0.4, 0.5) is 4.39 Å². The second kappa shape index (κ2) is 8.30. The number of hydrogen-bond donors (Lipinski definition) is 1. The number of hydrogen-bond acceptors (Lipinski definition) is 4. The molecule has 6 rings (SSSR count). The molecular formula is C31H26FNO3. The number of rotatable bonds is 4. The van der Waals surface area contributed by atoms with Crippen molar-refractivity contribution in [2.45, 2.75) is 39.2 Å². The quantitative estimate of drug-likeness (QED) is 0.474. The molecule has 0 fully saturated rings. The van der Waals surface area contributed by atoms with Gasteiger partial charge >= 0.3 is 0 Å². The number of halogens is 1. The van der Waals surface area contributed by atoms with Crippen LogP contribution in [-0.2, 0) is 11.4 Å². The van der Waals surface area contributed by atoms with Gasteiger partial charge in [-0.05, 0) is 47.2 Å². The highest BCUT2D eigenvalue weighted by molar-refractivity contribution is 6.23. The zero-order chi connectivity index (χ0) is 25.0. The first-order valence-corrected chi connectivity index (χ1v) is 12.2. The molecule has 180 valence electrons. The summed E-state index contributed by atoms with van der Waals surface area (Å²) in [4.78, 5) is 27.1. The highest BCUT2D eigenvalue weighted by Crippen LogP contribution is 2.51. The number of allylic oxidation sites excluding steroid dienone is 3. The molecule has 1 N–H and O–H groups in total. The van der Waals surface area contributed by atoms with Crippen molar-refractivity contribution in [1.82, 2.24) is 5.32 Å². The number of dihydropyridines is 1. The van der Waals surface area contributed by atoms with Crippen LogP contribution in [0, 0.1) is 11.2 Å². The highest BCUT2D eigenvalue weighted by atomic mass is 19.1. The summed E-state index contributed by atoms with van der Waals surface area (Å²) in [6.45, 7) is 4.53. The Hall–Kier alpha value is -3.99. The summed E-state index contributed by atoms with van der Waals surface area (Å²) < 4.78 is 19.1. The number of ketones is 2. The van der Waals surface area contributed by atoms with Gasteiger partial charge in [0.15, 0.2) is 11.6 Å². The predicted molar refractivity (Wildman–Crippen MR) is 136 cm³/mol. The van der Waals surface area contributed by atoms with E-state index in [1.807, 2.05) is 48.5 Å². The topological polar surface area (TPSA) is 55.4 Å². The molecule has 3 aliphatic rings. The van der Waals surface area contributed by atoms with Crippen LogP contribution >= 0.6 is 0 Å². The SMILES string of the molecule is CC1(C)CC(=O)C2=C(C1)NC1=C(C(=O)c3ccccc31)[C@@H]2c1ccc(OCc2ccc(F)cc2)cc1. The van der Waals surface area contributed by atoms with Crippen LogP contribution in [0.2, 0.25) is 0 Å². The standard InChI is InChI=1S/C31H26FNO3/c1-31(2)15-24-27(25(34)16-31)26(28-29(33-24)22-5-3-4-6-23(22)30(28)35)19-9-13-21(14-10-19)36-17-18-7-11-20(32)12-8-18/h3-14,26,33H,15-17H2,1-2H3/t26-/m1/s1. The van der Waals surface area contributed by atoms with Gasteiger partial charge in [0, 0.05) is 40.3 Å². The number of Topliss-reactive ketones (excluding diaryl/α,β-unsaturated/α-hetero) is 2. The van der Waals surface area contributed by atoms with Crippen molar-refractivity contribution in [3.05, 3.63) is 118 Å². The van der Waals surface area contributed by atoms with E-state index >= 15 is 0 Å². The van der Waals surface area contributed by atoms with E-state index in [2.05, 4.69) is 19.2 Å². The number of fused-ring (bicyclic) bond motifs is 2. The summed E-state index contributed by atoms with van der Waals surface area (Å²) in [6, 6.07) is 21.5. The normalized spacial score (nSPS) is 20.0. The lowest BCUT2D eigenvalue weighted by molar-refractivity contribution is -0.118. The Balaban J connectivity index is 1.37. The molecule has 36 heavy (non-hydrogen) atoms. The summed E-state index contributed by atoms with van der Waals surface area (Å²) in [5.74, 6) is 0.0183. The summed E-state index contributed by atoms with van der Waals surface area (Å²) in [7, 11) is 0. The molecule has 0 spiro atoms. The molecule has 0 saturated carbocycles. The Morgan fingerprint density at radius 1 is 0.889 bits per heavy atom. The molecule has 0 radical (unpaired) electrons. The summed E-state index contributed by atoms with van der Waals surface area (Å²) >= 11 is 0. The lowest BCUT2D eigenvalue weighted by atomic mass is 9.68. The van der Waals surface area contributed by atoms with Crippen LogP contribution < -0.4 is 10.1 Å². The molecule has 1 heterocycles. The summed E-state index contributed by atoms with van der Waals surface area (Å²) in [6.07, 6.45) is 1.20. The van der Waals surface area contributed by atoms with Gasteiger partial charge in [-0.2, -0.15) is 0 Å². The maximum Gasteiger partial charge on any atom is 0.192 e. The van der Waals surface area contributed by atoms with Crippen LogP contribution in [0.15, 0.2) is 89.6 Å². The Morgan fingerprint density at radius 3 is 2.31 bits per heavy atom. The van der Waals surface area contributed by atoms with Gasteiger partial charge < -0.3 is 10.1 Å². The van der Waals surface area contributed by atoms with Crippen molar-refractivity contribution >= 4 is 17.3 Å². The first-order valence-electron chi connectivity index (χ1n) is 12.2. The second-order valence-corrected chi connectivity index (χ2v) is 10.5. The van der Waals surface area contributed by atoms with Gasteiger partial charge in [-0.3, -0.25) is 9.59 Å². The lowest BCUT2D eigenvalue weighted by Gasteiger charge is -2.39. The summed E-state index contributed by atoms with van der Waals surface area (Å²) in [5.41, 5.74) is 6.26. The van der Waals surface area contributed by atoms with Crippen LogP contribution in [0.3, 0.4) is 0 Å². The molecule has 0 amide bonds. The number of carbonyl (C=O) groups is 2. The fourth-order valence-corrected chi connectivity index (χ4v) is 5.63. The van der Waals surface area contributed by atoms with E-state index in [-0.39, 0.29) is 22.8 Å². The van der Waals surface area contributed by atoms with Gasteiger partial charge in [0.05, 0.1) is 5.70 Å². The number of nitrogens with one attached hydrogen (secondary N) is 1. The molecule has 0 aromatic heterocycles. The fraction of sp³-hybridized carbons (Fsp3) is 0.226. The largest absolute Gasteiger partial charge is 0.489 e. The van der Waals surface area contributed by atoms with Crippen molar-refractivity contribution in [2.24, 2.45) is 5.41 Å². The molecule has 0 bridgehead atoms. The van der Waals surface area contributed by atoms with Crippen LogP contribution in [0.5, 0.6) is 5.75 Å². The molecule has 0 saturated heterocycles. The van der Waals surface area contributed by atoms with E-state index in [9.17, 15) is 14.0 Å². The maximum atomic E-state index is 13.6. The van der Waals surface area contributed by atoms with E-state index in [1.54, 1.807) is 12.1 Å². The monoisotopic (exact) mass is 479 g/mol. The Bertz CT molecular complexity index is 1460. The Labute approximate surface area is 209 Å². The van der Waals surface area contributed by atoms with Crippen molar-refractivity contribution in [3.8, 4) is 5.75 Å². The van der Waals surface area contributed by atoms with Gasteiger partial charge in [0.25, 0.3) is 0 Å².